The monoisotopic (exact) mass is 471 g/mol. The fraction of sp³-hybridized carbons (Fsp3) is 0.375. The lowest BCUT2D eigenvalue weighted by Crippen LogP contribution is -2.35. The van der Waals surface area contributed by atoms with Crippen LogP contribution in [0.2, 0.25) is 5.02 Å². The zero-order chi connectivity index (χ0) is 23.9. The molecule has 174 valence electrons. The number of fused-ring (bicyclic) bond motifs is 3. The molecule has 0 amide bonds. The van der Waals surface area contributed by atoms with Gasteiger partial charge in [-0.25, -0.2) is 4.79 Å². The van der Waals surface area contributed by atoms with Gasteiger partial charge in [0.05, 0.1) is 29.9 Å². The Morgan fingerprint density at radius 1 is 1.27 bits per heavy atom. The van der Waals surface area contributed by atoms with Crippen LogP contribution in [-0.4, -0.2) is 45.7 Å². The number of pyridine rings is 1. The molecular formula is C24H26ClN3O5. The number of ether oxygens (including phenoxy) is 2. The summed E-state index contributed by atoms with van der Waals surface area (Å²) in [4.78, 5) is 24.2. The highest BCUT2D eigenvalue weighted by Gasteiger charge is 2.36. The molecule has 0 unspecified atom stereocenters. The molecule has 1 aromatic carbocycles. The van der Waals surface area contributed by atoms with Crippen molar-refractivity contribution < 1.29 is 19.4 Å². The average Bonchev–Trinajstić information content (AvgIpc) is 3.09. The van der Waals surface area contributed by atoms with Gasteiger partial charge in [0, 0.05) is 24.9 Å². The van der Waals surface area contributed by atoms with Crippen LogP contribution in [0.15, 0.2) is 41.3 Å². The number of carboxylic acid groups (broad SMARTS) is 1. The molecule has 1 atom stereocenters. The number of nitrogens with zero attached hydrogens (tertiary/aromatic N) is 3. The van der Waals surface area contributed by atoms with Crippen LogP contribution >= 0.6 is 11.6 Å². The van der Waals surface area contributed by atoms with Crippen LogP contribution in [0.1, 0.15) is 37.2 Å². The van der Waals surface area contributed by atoms with E-state index in [1.165, 1.54) is 12.3 Å². The third kappa shape index (κ3) is 4.16. The van der Waals surface area contributed by atoms with E-state index in [2.05, 4.69) is 20.8 Å². The Bertz CT molecular complexity index is 1270. The highest BCUT2D eigenvalue weighted by Crippen LogP contribution is 2.45. The zero-order valence-electron chi connectivity index (χ0n) is 19.0. The number of benzene rings is 1. The summed E-state index contributed by atoms with van der Waals surface area (Å²) in [5.41, 5.74) is 1.30. The second kappa shape index (κ2) is 8.68. The van der Waals surface area contributed by atoms with E-state index in [1.54, 1.807) is 11.8 Å². The molecule has 1 aliphatic heterocycles. The molecule has 33 heavy (non-hydrogen) atoms. The number of aromatic carboxylic acids is 1. The number of carboxylic acids is 1. The first kappa shape index (κ1) is 23.1. The lowest BCUT2D eigenvalue weighted by Gasteiger charge is -2.38. The fourth-order valence-electron chi connectivity index (χ4n) is 4.11. The molecule has 3 heterocycles. The second-order valence-corrected chi connectivity index (χ2v) is 9.44. The predicted molar refractivity (Wildman–Crippen MR) is 125 cm³/mol. The quantitative estimate of drug-likeness (QED) is 0.537. The molecule has 2 aromatic heterocycles. The van der Waals surface area contributed by atoms with Crippen molar-refractivity contribution in [2.75, 3.05) is 20.3 Å². The molecule has 8 nitrogen and oxygen atoms in total. The van der Waals surface area contributed by atoms with Crippen molar-refractivity contribution in [2.45, 2.75) is 33.4 Å². The van der Waals surface area contributed by atoms with Crippen molar-refractivity contribution in [3.63, 3.8) is 0 Å². The third-order valence-electron chi connectivity index (χ3n) is 5.82. The van der Waals surface area contributed by atoms with Gasteiger partial charge < -0.3 is 19.1 Å². The molecule has 0 saturated heterocycles. The van der Waals surface area contributed by atoms with Gasteiger partial charge in [-0.3, -0.25) is 9.48 Å². The van der Waals surface area contributed by atoms with Gasteiger partial charge in [0.25, 0.3) is 0 Å². The normalized spacial score (nSPS) is 15.1. The van der Waals surface area contributed by atoms with Crippen LogP contribution in [-0.2, 0) is 11.3 Å². The van der Waals surface area contributed by atoms with Crippen molar-refractivity contribution in [1.29, 1.82) is 0 Å². The Morgan fingerprint density at radius 3 is 2.67 bits per heavy atom. The lowest BCUT2D eigenvalue weighted by molar-refractivity contribution is 0.0693. The number of hydrogen-bond acceptors (Lipinski definition) is 5. The number of halogens is 1. The van der Waals surface area contributed by atoms with E-state index in [0.29, 0.717) is 47.6 Å². The molecule has 0 radical (unpaired) electrons. The number of methoxy groups -OCH3 is 1. The molecule has 4 rings (SSSR count). The van der Waals surface area contributed by atoms with Gasteiger partial charge in [-0.05, 0) is 17.5 Å². The van der Waals surface area contributed by atoms with Crippen LogP contribution in [0, 0.1) is 5.41 Å². The molecule has 1 N–H and O–H groups in total. The number of aromatic nitrogens is 3. The summed E-state index contributed by atoms with van der Waals surface area (Å²) in [6, 6.07) is 8.66. The second-order valence-electron chi connectivity index (χ2n) is 9.06. The summed E-state index contributed by atoms with van der Waals surface area (Å²) >= 11 is 6.86. The minimum Gasteiger partial charge on any atom is -0.490 e. The Hall–Kier alpha value is -3.10. The first-order valence-electron chi connectivity index (χ1n) is 10.6. The van der Waals surface area contributed by atoms with Gasteiger partial charge in [0.2, 0.25) is 0 Å². The number of carbonyl (C=O) groups is 1. The van der Waals surface area contributed by atoms with E-state index < -0.39 is 11.4 Å². The third-order valence-corrected chi connectivity index (χ3v) is 6.17. The molecule has 3 aromatic rings. The van der Waals surface area contributed by atoms with Crippen molar-refractivity contribution in [2.24, 2.45) is 5.41 Å². The first-order chi connectivity index (χ1) is 15.6. The summed E-state index contributed by atoms with van der Waals surface area (Å²) in [6.45, 7) is 7.49. The van der Waals surface area contributed by atoms with Gasteiger partial charge in [0.1, 0.15) is 29.3 Å². The Morgan fingerprint density at radius 2 is 2.00 bits per heavy atom. The van der Waals surface area contributed by atoms with Gasteiger partial charge in [-0.2, -0.15) is 5.10 Å². The Kier molecular flexibility index (Phi) is 6.07. The summed E-state index contributed by atoms with van der Waals surface area (Å²) in [6.07, 6.45) is 1.42. The van der Waals surface area contributed by atoms with Crippen LogP contribution in [0.3, 0.4) is 0 Å². The minimum absolute atomic E-state index is 0.143. The summed E-state index contributed by atoms with van der Waals surface area (Å²) in [5, 5.41) is 14.7. The smallest absolute Gasteiger partial charge is 0.341 e. The molecule has 1 aliphatic rings. The Labute approximate surface area is 196 Å². The minimum atomic E-state index is -1.25. The van der Waals surface area contributed by atoms with Crippen LogP contribution in [0.25, 0.3) is 22.6 Å². The van der Waals surface area contributed by atoms with Crippen molar-refractivity contribution in [1.82, 2.24) is 14.3 Å². The molecule has 0 fully saturated rings. The van der Waals surface area contributed by atoms with Crippen LogP contribution in [0.4, 0.5) is 0 Å². The zero-order valence-corrected chi connectivity index (χ0v) is 19.7. The summed E-state index contributed by atoms with van der Waals surface area (Å²) < 4.78 is 14.6. The van der Waals surface area contributed by atoms with Gasteiger partial charge in [-0.1, -0.05) is 44.5 Å². The highest BCUT2D eigenvalue weighted by molar-refractivity contribution is 6.35. The Balaban J connectivity index is 1.91. The molecule has 0 bridgehead atoms. The molecule has 0 spiro atoms. The van der Waals surface area contributed by atoms with E-state index in [9.17, 15) is 14.7 Å². The molecule has 9 heteroatoms. The van der Waals surface area contributed by atoms with Crippen LogP contribution < -0.4 is 10.2 Å². The first-order valence-corrected chi connectivity index (χ1v) is 11.0. The molecule has 0 aliphatic carbocycles. The maximum absolute atomic E-state index is 12.6. The fourth-order valence-corrected chi connectivity index (χ4v) is 4.45. The molecular weight excluding hydrogens is 446 g/mol. The maximum atomic E-state index is 12.6. The average molecular weight is 472 g/mol. The molecule has 0 saturated carbocycles. The van der Waals surface area contributed by atoms with Gasteiger partial charge in [-0.15, -0.1) is 0 Å². The van der Waals surface area contributed by atoms with E-state index in [1.807, 2.05) is 28.8 Å². The van der Waals surface area contributed by atoms with Gasteiger partial charge >= 0.3 is 5.97 Å². The predicted octanol–water partition coefficient (Wildman–Crippen LogP) is 4.36. The SMILES string of the molecule is COCCOc1ccccc1-c1nn2c(c1Cl)-c1cc(=O)c(C(=O)O)cn1[C@H](C(C)(C)C)C2. The summed E-state index contributed by atoms with van der Waals surface area (Å²) in [7, 11) is 1.61. The lowest BCUT2D eigenvalue weighted by atomic mass is 9.85. The standard InChI is InChI=1S/C24H26ClN3O5/c1-24(2,3)19-13-28-22(16-11-17(29)15(23(30)31)12-27(16)19)20(25)21(26-28)14-7-5-6-8-18(14)33-10-9-32-4/h5-8,11-12,19H,9-10,13H2,1-4H3,(H,30,31)/t19-/m0/s1. The van der Waals surface area contributed by atoms with Gasteiger partial charge in [0.15, 0.2) is 5.43 Å². The number of rotatable bonds is 6. The van der Waals surface area contributed by atoms with E-state index >= 15 is 0 Å². The van der Waals surface area contributed by atoms with E-state index in [4.69, 9.17) is 26.2 Å². The van der Waals surface area contributed by atoms with Crippen molar-refractivity contribution >= 4 is 17.6 Å². The summed E-state index contributed by atoms with van der Waals surface area (Å²) in [5.74, 6) is -0.631. The van der Waals surface area contributed by atoms with Crippen LogP contribution in [0.5, 0.6) is 5.75 Å². The van der Waals surface area contributed by atoms with E-state index in [-0.39, 0.29) is 17.0 Å². The van der Waals surface area contributed by atoms with Crippen molar-refractivity contribution in [3.05, 3.63) is 57.3 Å². The van der Waals surface area contributed by atoms with Crippen molar-refractivity contribution in [3.8, 4) is 28.4 Å². The highest BCUT2D eigenvalue weighted by atomic mass is 35.5. The number of para-hydroxylation sites is 1. The topological polar surface area (TPSA) is 95.6 Å². The maximum Gasteiger partial charge on any atom is 0.341 e. The number of hydrogen-bond donors (Lipinski definition) is 1. The van der Waals surface area contributed by atoms with E-state index in [0.717, 1.165) is 5.56 Å². The largest absolute Gasteiger partial charge is 0.490 e.